The van der Waals surface area contributed by atoms with Crippen LogP contribution in [0.2, 0.25) is 0 Å². The number of hydrogen-bond acceptors (Lipinski definition) is 2. The Morgan fingerprint density at radius 3 is 1.75 bits per heavy atom. The predicted octanol–water partition coefficient (Wildman–Crippen LogP) is 0.853. The molecule has 2 heteroatoms. The Labute approximate surface area is 51.8 Å². The molecule has 0 aliphatic heterocycles. The quantitative estimate of drug-likeness (QED) is 0.548. The van der Waals surface area contributed by atoms with Crippen LogP contribution >= 0.6 is 0 Å². The van der Waals surface area contributed by atoms with E-state index in [0.29, 0.717) is 0 Å². The molecule has 0 aromatic carbocycles. The fourth-order valence-electron chi connectivity index (χ4n) is 0.671. The van der Waals surface area contributed by atoms with E-state index < -0.39 is 0 Å². The van der Waals surface area contributed by atoms with Crippen LogP contribution in [0.15, 0.2) is 0 Å². The molecule has 0 rings (SSSR count). The van der Waals surface area contributed by atoms with Gasteiger partial charge in [0.15, 0.2) is 0 Å². The number of nitrogens with zero attached hydrogens (tertiary/aromatic N) is 1. The topological polar surface area (TPSA) is 15.3 Å². The fraction of sp³-hybridized carbons (Fsp3) is 1.00. The van der Waals surface area contributed by atoms with Gasteiger partial charge in [-0.2, -0.15) is 0 Å². The lowest BCUT2D eigenvalue weighted by Gasteiger charge is -2.17. The molecule has 0 aliphatic rings. The first kappa shape index (κ1) is 7.92. The molecule has 8 heavy (non-hydrogen) atoms. The van der Waals surface area contributed by atoms with Gasteiger partial charge in [-0.05, 0) is 0 Å². The number of hydrogen-bond donors (Lipinski definition) is 1. The first-order chi connectivity index (χ1) is 3.85. The molecular weight excluding hydrogens is 100 g/mol. The van der Waals surface area contributed by atoms with Crippen molar-refractivity contribution in [1.29, 1.82) is 0 Å². The Morgan fingerprint density at radius 1 is 1.12 bits per heavy atom. The van der Waals surface area contributed by atoms with Gasteiger partial charge >= 0.3 is 0 Å². The van der Waals surface area contributed by atoms with Crippen LogP contribution in [0.3, 0.4) is 0 Å². The van der Waals surface area contributed by atoms with E-state index in [9.17, 15) is 0 Å². The van der Waals surface area contributed by atoms with Crippen molar-refractivity contribution in [2.75, 3.05) is 19.6 Å². The average Bonchev–Trinajstić information content (AvgIpc) is 1.83. The number of rotatable bonds is 4. The molecule has 0 spiro atoms. The lowest BCUT2D eigenvalue weighted by Crippen LogP contribution is -2.37. The molecule has 1 N–H and O–H groups in total. The van der Waals surface area contributed by atoms with E-state index in [-0.39, 0.29) is 0 Å². The molecule has 0 unspecified atom stereocenters. The molecule has 0 saturated heterocycles. The predicted molar refractivity (Wildman–Crippen MR) is 36.6 cm³/mol. The van der Waals surface area contributed by atoms with E-state index in [1.54, 1.807) is 0 Å². The molecule has 0 saturated carbocycles. The van der Waals surface area contributed by atoms with Gasteiger partial charge < -0.3 is 0 Å². The van der Waals surface area contributed by atoms with E-state index in [0.717, 1.165) is 19.6 Å². The van der Waals surface area contributed by atoms with Gasteiger partial charge in [0.2, 0.25) is 0 Å². The van der Waals surface area contributed by atoms with Gasteiger partial charge in [0.1, 0.15) is 0 Å². The van der Waals surface area contributed by atoms with Gasteiger partial charge in [-0.25, -0.2) is 5.01 Å². The van der Waals surface area contributed by atoms with Crippen molar-refractivity contribution < 1.29 is 0 Å². The maximum atomic E-state index is 3.22. The highest BCUT2D eigenvalue weighted by Gasteiger charge is 1.91. The van der Waals surface area contributed by atoms with Crippen molar-refractivity contribution in [3.63, 3.8) is 0 Å². The minimum absolute atomic E-state index is 1.03. The molecule has 0 fully saturated rings. The Bertz CT molecular complexity index is 41.8. The molecular formula is C6H16N2. The van der Waals surface area contributed by atoms with Crippen molar-refractivity contribution in [1.82, 2.24) is 10.4 Å². The van der Waals surface area contributed by atoms with Crippen molar-refractivity contribution in [3.8, 4) is 0 Å². The molecule has 0 amide bonds. The summed E-state index contributed by atoms with van der Waals surface area (Å²) in [5, 5.41) is 2.18. The summed E-state index contributed by atoms with van der Waals surface area (Å²) in [7, 11) is 0. The standard InChI is InChI=1S/C6H16N2/c1-4-7-8(5-2)6-3/h7H,4-6H2,1-3H3. The van der Waals surface area contributed by atoms with Crippen molar-refractivity contribution >= 4 is 0 Å². The second-order valence-electron chi connectivity index (χ2n) is 1.68. The third-order valence-electron chi connectivity index (χ3n) is 1.15. The minimum Gasteiger partial charge on any atom is -0.255 e. The molecule has 0 aliphatic carbocycles. The zero-order chi connectivity index (χ0) is 6.41. The van der Waals surface area contributed by atoms with Gasteiger partial charge in [0.25, 0.3) is 0 Å². The summed E-state index contributed by atoms with van der Waals surface area (Å²) < 4.78 is 0. The number of hydrazine groups is 1. The van der Waals surface area contributed by atoms with E-state index >= 15 is 0 Å². The van der Waals surface area contributed by atoms with Gasteiger partial charge in [0.05, 0.1) is 0 Å². The lowest BCUT2D eigenvalue weighted by molar-refractivity contribution is 0.215. The Kier molecular flexibility index (Phi) is 5.01. The van der Waals surface area contributed by atoms with Gasteiger partial charge in [0, 0.05) is 19.6 Å². The molecule has 0 aromatic rings. The molecule has 2 nitrogen and oxygen atoms in total. The summed E-state index contributed by atoms with van der Waals surface area (Å²) >= 11 is 0. The highest BCUT2D eigenvalue weighted by Crippen LogP contribution is 1.76. The van der Waals surface area contributed by atoms with Crippen molar-refractivity contribution in [2.24, 2.45) is 0 Å². The smallest absolute Gasteiger partial charge is 0.0102 e. The SMILES string of the molecule is CCNN(CC)CC. The molecule has 50 valence electrons. The van der Waals surface area contributed by atoms with Crippen LogP contribution in [-0.2, 0) is 0 Å². The summed E-state index contributed by atoms with van der Waals surface area (Å²) in [6.07, 6.45) is 0. The normalized spacial score (nSPS) is 10.5. The highest BCUT2D eigenvalue weighted by atomic mass is 15.5. The fourth-order valence-corrected chi connectivity index (χ4v) is 0.671. The largest absolute Gasteiger partial charge is 0.255 e. The van der Waals surface area contributed by atoms with Crippen LogP contribution in [0.25, 0.3) is 0 Å². The van der Waals surface area contributed by atoms with E-state index in [2.05, 4.69) is 31.2 Å². The highest BCUT2D eigenvalue weighted by molar-refractivity contribution is 4.40. The minimum atomic E-state index is 1.03. The van der Waals surface area contributed by atoms with E-state index in [1.807, 2.05) is 0 Å². The number of nitrogens with one attached hydrogen (secondary N) is 1. The van der Waals surface area contributed by atoms with Crippen LogP contribution < -0.4 is 5.43 Å². The van der Waals surface area contributed by atoms with E-state index in [1.165, 1.54) is 0 Å². The summed E-state index contributed by atoms with van der Waals surface area (Å²) in [4.78, 5) is 0. The van der Waals surface area contributed by atoms with Crippen LogP contribution in [0.5, 0.6) is 0 Å². The Hall–Kier alpha value is -0.0800. The summed E-state index contributed by atoms with van der Waals surface area (Å²) in [6.45, 7) is 9.60. The Morgan fingerprint density at radius 2 is 1.62 bits per heavy atom. The van der Waals surface area contributed by atoms with Crippen LogP contribution in [-0.4, -0.2) is 24.6 Å². The van der Waals surface area contributed by atoms with Crippen molar-refractivity contribution in [2.45, 2.75) is 20.8 Å². The Balaban J connectivity index is 3.07. The maximum Gasteiger partial charge on any atom is 0.0102 e. The summed E-state index contributed by atoms with van der Waals surface area (Å²) in [6, 6.07) is 0. The zero-order valence-electron chi connectivity index (χ0n) is 6.07. The lowest BCUT2D eigenvalue weighted by atomic mass is 10.6. The van der Waals surface area contributed by atoms with E-state index in [4.69, 9.17) is 0 Å². The molecule has 0 aromatic heterocycles. The van der Waals surface area contributed by atoms with Gasteiger partial charge in [-0.3, -0.25) is 5.43 Å². The molecule has 0 radical (unpaired) electrons. The maximum absolute atomic E-state index is 3.22. The zero-order valence-corrected chi connectivity index (χ0v) is 6.07. The first-order valence-electron chi connectivity index (χ1n) is 3.33. The van der Waals surface area contributed by atoms with Crippen LogP contribution in [0.4, 0.5) is 0 Å². The third-order valence-corrected chi connectivity index (χ3v) is 1.15. The monoisotopic (exact) mass is 116 g/mol. The molecule has 0 heterocycles. The summed E-state index contributed by atoms with van der Waals surface area (Å²) in [5.74, 6) is 0. The molecule has 0 atom stereocenters. The van der Waals surface area contributed by atoms with Crippen molar-refractivity contribution in [3.05, 3.63) is 0 Å². The second kappa shape index (κ2) is 5.06. The third kappa shape index (κ3) is 2.99. The first-order valence-corrected chi connectivity index (χ1v) is 3.33. The molecule has 0 bridgehead atoms. The van der Waals surface area contributed by atoms with Gasteiger partial charge in [-0.15, -0.1) is 0 Å². The second-order valence-corrected chi connectivity index (χ2v) is 1.68. The van der Waals surface area contributed by atoms with Crippen LogP contribution in [0.1, 0.15) is 20.8 Å². The van der Waals surface area contributed by atoms with Crippen LogP contribution in [0, 0.1) is 0 Å². The summed E-state index contributed by atoms with van der Waals surface area (Å²) in [5.41, 5.74) is 3.22. The average molecular weight is 116 g/mol. The van der Waals surface area contributed by atoms with Gasteiger partial charge in [-0.1, -0.05) is 20.8 Å².